The molecule has 0 saturated heterocycles. The maximum atomic E-state index is 12.1. The number of alkyl carbamates (subject to hydrolysis) is 2. The summed E-state index contributed by atoms with van der Waals surface area (Å²) < 4.78 is 15.0. The summed E-state index contributed by atoms with van der Waals surface area (Å²) >= 11 is 0. The number of carbonyl (C=O) groups is 3. The number of nitrogens with two attached hydrogens (primary N) is 1. The van der Waals surface area contributed by atoms with E-state index in [0.29, 0.717) is 0 Å². The number of esters is 1. The Bertz CT molecular complexity index is 774. The minimum Gasteiger partial charge on any atom is -0.465 e. The van der Waals surface area contributed by atoms with E-state index in [4.69, 9.17) is 15.2 Å². The summed E-state index contributed by atoms with van der Waals surface area (Å²) in [6, 6.07) is 4.24. The molecule has 2 amide bonds. The van der Waals surface area contributed by atoms with Crippen molar-refractivity contribution in [1.29, 1.82) is 0 Å². The number of methoxy groups -OCH3 is 1. The fraction of sp³-hybridized carbons (Fsp3) is 0.474. The molecule has 0 radical (unpaired) electrons. The Balaban J connectivity index is 3.21. The van der Waals surface area contributed by atoms with Gasteiger partial charge in [-0.3, -0.25) is 10.6 Å². The lowest BCUT2D eigenvalue weighted by molar-refractivity contribution is 0.0541. The molecule has 0 atom stereocenters. The van der Waals surface area contributed by atoms with Crippen molar-refractivity contribution in [3.8, 4) is 0 Å². The standard InChI is InChI=1S/C19H28N4O6/c1-18(2,3)28-16(25)22-15(23-17(26)29-19(4,5)6)21-13-9-11(14(24)27-7)8-12(20)10-13/h8-10H,20H2,1-7H3,(H2,21,22,23,25,26). The first-order chi connectivity index (χ1) is 13.2. The number of anilines is 1. The number of hydrogen-bond acceptors (Lipinski definition) is 8. The Morgan fingerprint density at radius 3 is 1.79 bits per heavy atom. The first-order valence-electron chi connectivity index (χ1n) is 8.76. The maximum Gasteiger partial charge on any atom is 0.414 e. The van der Waals surface area contributed by atoms with Gasteiger partial charge in [0.25, 0.3) is 0 Å². The average molecular weight is 408 g/mol. The number of nitrogens with one attached hydrogen (secondary N) is 2. The van der Waals surface area contributed by atoms with E-state index in [1.54, 1.807) is 41.5 Å². The zero-order valence-electron chi connectivity index (χ0n) is 17.7. The number of aliphatic imine (C=N–C) groups is 1. The quantitative estimate of drug-likeness (QED) is 0.224. The lowest BCUT2D eigenvalue weighted by Crippen LogP contribution is -2.47. The molecule has 0 heterocycles. The molecular weight excluding hydrogens is 380 g/mol. The lowest BCUT2D eigenvalue weighted by Gasteiger charge is -2.22. The highest BCUT2D eigenvalue weighted by molar-refractivity contribution is 6.02. The second kappa shape index (κ2) is 9.26. The minimum atomic E-state index is -0.843. The van der Waals surface area contributed by atoms with E-state index in [9.17, 15) is 14.4 Å². The number of ether oxygens (including phenoxy) is 3. The normalized spacial score (nSPS) is 11.1. The van der Waals surface area contributed by atoms with Crippen molar-refractivity contribution in [2.24, 2.45) is 4.99 Å². The highest BCUT2D eigenvalue weighted by Crippen LogP contribution is 2.20. The number of nitrogens with zero attached hydrogens (tertiary/aromatic N) is 1. The topological polar surface area (TPSA) is 141 Å². The number of guanidine groups is 1. The predicted molar refractivity (Wildman–Crippen MR) is 108 cm³/mol. The van der Waals surface area contributed by atoms with Crippen molar-refractivity contribution in [1.82, 2.24) is 10.6 Å². The molecule has 0 aliphatic carbocycles. The van der Waals surface area contributed by atoms with Crippen LogP contribution in [0.25, 0.3) is 0 Å². The van der Waals surface area contributed by atoms with Crippen molar-refractivity contribution in [2.45, 2.75) is 52.7 Å². The highest BCUT2D eigenvalue weighted by Gasteiger charge is 2.21. The van der Waals surface area contributed by atoms with Crippen molar-refractivity contribution in [3.63, 3.8) is 0 Å². The zero-order valence-corrected chi connectivity index (χ0v) is 17.7. The van der Waals surface area contributed by atoms with E-state index in [1.807, 2.05) is 0 Å². The van der Waals surface area contributed by atoms with Crippen LogP contribution >= 0.6 is 0 Å². The van der Waals surface area contributed by atoms with Gasteiger partial charge < -0.3 is 19.9 Å². The third-order valence-electron chi connectivity index (χ3n) is 2.84. The van der Waals surface area contributed by atoms with Crippen molar-refractivity contribution in [2.75, 3.05) is 12.8 Å². The Labute approximate surface area is 169 Å². The molecule has 10 nitrogen and oxygen atoms in total. The molecule has 0 aromatic heterocycles. The van der Waals surface area contributed by atoms with E-state index >= 15 is 0 Å². The van der Waals surface area contributed by atoms with Gasteiger partial charge in [0.05, 0.1) is 18.4 Å². The molecule has 0 aliphatic heterocycles. The first-order valence-corrected chi connectivity index (χ1v) is 8.76. The molecule has 1 aromatic carbocycles. The van der Waals surface area contributed by atoms with Gasteiger partial charge in [-0.1, -0.05) is 0 Å². The van der Waals surface area contributed by atoms with E-state index < -0.39 is 29.4 Å². The van der Waals surface area contributed by atoms with Gasteiger partial charge in [-0.25, -0.2) is 19.4 Å². The maximum absolute atomic E-state index is 12.1. The van der Waals surface area contributed by atoms with Crippen LogP contribution in [0.3, 0.4) is 0 Å². The van der Waals surface area contributed by atoms with Gasteiger partial charge in [0, 0.05) is 5.69 Å². The number of benzene rings is 1. The van der Waals surface area contributed by atoms with E-state index in [2.05, 4.69) is 20.4 Å². The summed E-state index contributed by atoms with van der Waals surface area (Å²) in [5, 5.41) is 4.68. The van der Waals surface area contributed by atoms with Crippen LogP contribution in [0.5, 0.6) is 0 Å². The molecule has 0 saturated carbocycles. The molecule has 0 bridgehead atoms. The molecule has 1 rings (SSSR count). The number of amides is 2. The van der Waals surface area contributed by atoms with Crippen LogP contribution in [0.2, 0.25) is 0 Å². The second-order valence-corrected chi connectivity index (χ2v) is 8.02. The molecule has 10 heteroatoms. The van der Waals surface area contributed by atoms with Crippen LogP contribution in [0.4, 0.5) is 21.0 Å². The first kappa shape index (κ1) is 23.7. The van der Waals surface area contributed by atoms with Crippen molar-refractivity contribution >= 4 is 35.5 Å². The summed E-state index contributed by atoms with van der Waals surface area (Å²) in [6.07, 6.45) is -1.69. The summed E-state index contributed by atoms with van der Waals surface area (Å²) in [5.74, 6) is -0.884. The third kappa shape index (κ3) is 9.45. The van der Waals surface area contributed by atoms with Crippen LogP contribution in [-0.4, -0.2) is 42.4 Å². The number of carbonyl (C=O) groups excluding carboxylic acids is 3. The molecular formula is C19H28N4O6. The fourth-order valence-electron chi connectivity index (χ4n) is 1.95. The Kier molecular flexibility index (Phi) is 7.58. The van der Waals surface area contributed by atoms with Crippen LogP contribution in [0, 0.1) is 0 Å². The molecule has 29 heavy (non-hydrogen) atoms. The average Bonchev–Trinajstić information content (AvgIpc) is 2.49. The van der Waals surface area contributed by atoms with Gasteiger partial charge >= 0.3 is 18.2 Å². The number of nitrogen functional groups attached to an aromatic ring is 1. The molecule has 0 unspecified atom stereocenters. The zero-order chi connectivity index (χ0) is 22.4. The van der Waals surface area contributed by atoms with Crippen molar-refractivity contribution < 1.29 is 28.6 Å². The minimum absolute atomic E-state index is 0.153. The summed E-state index contributed by atoms with van der Waals surface area (Å²) in [5.41, 5.74) is 4.84. The van der Waals surface area contributed by atoms with Gasteiger partial charge in [-0.05, 0) is 59.7 Å². The van der Waals surface area contributed by atoms with Gasteiger partial charge in [0.15, 0.2) is 0 Å². The Morgan fingerprint density at radius 1 is 0.897 bits per heavy atom. The smallest absolute Gasteiger partial charge is 0.414 e. The molecule has 160 valence electrons. The highest BCUT2D eigenvalue weighted by atomic mass is 16.6. The summed E-state index contributed by atoms with van der Waals surface area (Å²) in [4.78, 5) is 40.1. The molecule has 4 N–H and O–H groups in total. The van der Waals surface area contributed by atoms with Gasteiger partial charge in [-0.2, -0.15) is 0 Å². The van der Waals surface area contributed by atoms with Gasteiger partial charge in [0.2, 0.25) is 5.96 Å². The molecule has 0 fully saturated rings. The van der Waals surface area contributed by atoms with E-state index in [1.165, 1.54) is 25.3 Å². The number of rotatable bonds is 2. The predicted octanol–water partition coefficient (Wildman–Crippen LogP) is 3.09. The van der Waals surface area contributed by atoms with Crippen LogP contribution in [0.15, 0.2) is 23.2 Å². The lowest BCUT2D eigenvalue weighted by atomic mass is 10.2. The largest absolute Gasteiger partial charge is 0.465 e. The van der Waals surface area contributed by atoms with Gasteiger partial charge in [-0.15, -0.1) is 0 Å². The van der Waals surface area contributed by atoms with E-state index in [0.717, 1.165) is 0 Å². The third-order valence-corrected chi connectivity index (χ3v) is 2.84. The van der Waals surface area contributed by atoms with Crippen LogP contribution in [-0.2, 0) is 14.2 Å². The Morgan fingerprint density at radius 2 is 1.38 bits per heavy atom. The second-order valence-electron chi connectivity index (χ2n) is 8.02. The van der Waals surface area contributed by atoms with Gasteiger partial charge in [0.1, 0.15) is 11.2 Å². The SMILES string of the molecule is COC(=O)c1cc(N)cc(N=C(NC(=O)OC(C)(C)C)NC(=O)OC(C)(C)C)c1. The molecule has 0 spiro atoms. The van der Waals surface area contributed by atoms with Crippen molar-refractivity contribution in [3.05, 3.63) is 23.8 Å². The van der Waals surface area contributed by atoms with E-state index in [-0.39, 0.29) is 22.9 Å². The fourth-order valence-corrected chi connectivity index (χ4v) is 1.95. The summed E-state index contributed by atoms with van der Waals surface area (Å²) in [6.45, 7) is 10.1. The number of hydrogen-bond donors (Lipinski definition) is 3. The molecule has 0 aliphatic rings. The van der Waals surface area contributed by atoms with Crippen LogP contribution < -0.4 is 16.4 Å². The van der Waals surface area contributed by atoms with Crippen LogP contribution in [0.1, 0.15) is 51.9 Å². The molecule has 1 aromatic rings. The Hall–Kier alpha value is -3.30. The monoisotopic (exact) mass is 408 g/mol. The summed E-state index contributed by atoms with van der Waals surface area (Å²) in [7, 11) is 1.23.